The summed E-state index contributed by atoms with van der Waals surface area (Å²) in [6, 6.07) is 8.24. The average molecular weight is 432 g/mol. The predicted molar refractivity (Wildman–Crippen MR) is 120 cm³/mol. The Bertz CT molecular complexity index is 643. The second kappa shape index (κ2) is 12.6. The van der Waals surface area contributed by atoms with E-state index >= 15 is 0 Å². The number of piperidine rings is 1. The zero-order chi connectivity index (χ0) is 17.5. The Labute approximate surface area is 179 Å². The second-order valence-electron chi connectivity index (χ2n) is 6.71. The van der Waals surface area contributed by atoms with E-state index in [2.05, 4.69) is 27.7 Å². The highest BCUT2D eigenvalue weighted by molar-refractivity contribution is 7.13. The number of hydrogen-bond donors (Lipinski definition) is 1. The Morgan fingerprint density at radius 1 is 1.19 bits per heavy atom. The fraction of sp³-hybridized carbons (Fsp3) is 0.550. The molecular formula is C20H31Cl2N3OS. The van der Waals surface area contributed by atoms with E-state index in [-0.39, 0.29) is 24.8 Å². The summed E-state index contributed by atoms with van der Waals surface area (Å²) in [4.78, 5) is 7.39. The van der Waals surface area contributed by atoms with Gasteiger partial charge in [0, 0.05) is 17.5 Å². The lowest BCUT2D eigenvalue weighted by atomic mass is 9.93. The minimum Gasteiger partial charge on any atom is -0.494 e. The van der Waals surface area contributed by atoms with Gasteiger partial charge in [-0.2, -0.15) is 0 Å². The number of nitrogens with one attached hydrogen (secondary N) is 1. The number of nitrogens with zero attached hydrogens (tertiary/aromatic N) is 2. The number of thiazole rings is 1. The first-order valence-electron chi connectivity index (χ1n) is 9.33. The molecule has 0 radical (unpaired) electrons. The molecule has 4 nitrogen and oxygen atoms in total. The molecule has 0 saturated carbocycles. The molecule has 0 unspecified atom stereocenters. The zero-order valence-corrected chi connectivity index (χ0v) is 18.6. The van der Waals surface area contributed by atoms with Crippen LogP contribution in [0.3, 0.4) is 0 Å². The van der Waals surface area contributed by atoms with Gasteiger partial charge in [0.2, 0.25) is 0 Å². The van der Waals surface area contributed by atoms with Crippen molar-refractivity contribution in [1.29, 1.82) is 0 Å². The largest absolute Gasteiger partial charge is 0.494 e. The van der Waals surface area contributed by atoms with E-state index in [1.807, 2.05) is 26.1 Å². The van der Waals surface area contributed by atoms with Gasteiger partial charge in [0.25, 0.3) is 0 Å². The highest BCUT2D eigenvalue weighted by Crippen LogP contribution is 2.27. The maximum atomic E-state index is 5.51. The summed E-state index contributed by atoms with van der Waals surface area (Å²) in [6.07, 6.45) is 3.94. The number of rotatable bonds is 8. The number of ether oxygens (including phenoxy) is 1. The minimum atomic E-state index is 0. The van der Waals surface area contributed by atoms with E-state index in [1.54, 1.807) is 11.3 Å². The van der Waals surface area contributed by atoms with E-state index < -0.39 is 0 Å². The third kappa shape index (κ3) is 7.24. The first-order chi connectivity index (χ1) is 12.3. The molecule has 152 valence electrons. The van der Waals surface area contributed by atoms with Crippen molar-refractivity contribution < 1.29 is 4.74 Å². The Balaban J connectivity index is 0.00000182. The van der Waals surface area contributed by atoms with Crippen molar-refractivity contribution in [3.05, 3.63) is 35.3 Å². The van der Waals surface area contributed by atoms with Crippen LogP contribution in [0.15, 0.2) is 29.6 Å². The Morgan fingerprint density at radius 2 is 1.89 bits per heavy atom. The van der Waals surface area contributed by atoms with Crippen molar-refractivity contribution in [3.8, 4) is 16.3 Å². The van der Waals surface area contributed by atoms with Gasteiger partial charge in [-0.25, -0.2) is 4.98 Å². The van der Waals surface area contributed by atoms with Crippen molar-refractivity contribution in [2.75, 3.05) is 33.3 Å². The zero-order valence-electron chi connectivity index (χ0n) is 16.1. The van der Waals surface area contributed by atoms with Gasteiger partial charge in [0.15, 0.2) is 0 Å². The maximum absolute atomic E-state index is 5.51. The second-order valence-corrected chi connectivity index (χ2v) is 7.57. The highest BCUT2D eigenvalue weighted by atomic mass is 35.5. The molecule has 27 heavy (non-hydrogen) atoms. The Hall–Kier alpha value is -0.850. The molecule has 7 heteroatoms. The van der Waals surface area contributed by atoms with Crippen LogP contribution in [0, 0.1) is 5.92 Å². The van der Waals surface area contributed by atoms with Crippen LogP contribution in [0.4, 0.5) is 0 Å². The van der Waals surface area contributed by atoms with Crippen LogP contribution in [0.1, 0.15) is 31.9 Å². The molecule has 2 heterocycles. The number of hydrogen-bond acceptors (Lipinski definition) is 5. The SMILES string of the molecule is CCOc1ccc(-c2nc(CN3CCC(CCNC)CC3)cs2)cc1.Cl.Cl. The molecule has 1 aliphatic heterocycles. The third-order valence-corrected chi connectivity index (χ3v) is 5.80. The van der Waals surface area contributed by atoms with Crippen LogP contribution in [0.25, 0.3) is 10.6 Å². The van der Waals surface area contributed by atoms with E-state index in [0.29, 0.717) is 6.61 Å². The standard InChI is InChI=1S/C20H29N3OS.2ClH/c1-3-24-19-6-4-17(5-7-19)20-22-18(15-25-20)14-23-12-9-16(10-13-23)8-11-21-2;;/h4-7,15-16,21H,3,8-14H2,1-2H3;2*1H. The van der Waals surface area contributed by atoms with E-state index in [9.17, 15) is 0 Å². The molecule has 0 amide bonds. The van der Waals surface area contributed by atoms with Crippen LogP contribution >= 0.6 is 36.2 Å². The smallest absolute Gasteiger partial charge is 0.123 e. The van der Waals surface area contributed by atoms with Gasteiger partial charge in [-0.1, -0.05) is 0 Å². The summed E-state index contributed by atoms with van der Waals surface area (Å²) in [7, 11) is 2.04. The van der Waals surface area contributed by atoms with Gasteiger partial charge in [0.1, 0.15) is 10.8 Å². The molecule has 0 aliphatic carbocycles. The molecule has 1 aliphatic rings. The Morgan fingerprint density at radius 3 is 2.52 bits per heavy atom. The number of likely N-dealkylation sites (tertiary alicyclic amines) is 1. The van der Waals surface area contributed by atoms with Gasteiger partial charge < -0.3 is 10.1 Å². The van der Waals surface area contributed by atoms with Gasteiger partial charge in [0.05, 0.1) is 12.3 Å². The molecule has 1 fully saturated rings. The fourth-order valence-electron chi connectivity index (χ4n) is 3.38. The van der Waals surface area contributed by atoms with Crippen molar-refractivity contribution in [2.45, 2.75) is 32.7 Å². The van der Waals surface area contributed by atoms with E-state index in [0.717, 1.165) is 29.8 Å². The van der Waals surface area contributed by atoms with Gasteiger partial charge in [-0.05, 0) is 83.1 Å². The van der Waals surface area contributed by atoms with Crippen LogP contribution in [-0.4, -0.2) is 43.2 Å². The first kappa shape index (κ1) is 24.2. The van der Waals surface area contributed by atoms with Gasteiger partial charge >= 0.3 is 0 Å². The van der Waals surface area contributed by atoms with Crippen LogP contribution in [-0.2, 0) is 6.54 Å². The Kier molecular flexibility index (Phi) is 11.3. The lowest BCUT2D eigenvalue weighted by molar-refractivity contribution is 0.171. The minimum absolute atomic E-state index is 0. The summed E-state index contributed by atoms with van der Waals surface area (Å²) in [6.45, 7) is 7.22. The molecule has 1 aromatic carbocycles. The normalized spacial score (nSPS) is 15.0. The monoisotopic (exact) mass is 431 g/mol. The van der Waals surface area contributed by atoms with Crippen LogP contribution in [0.5, 0.6) is 5.75 Å². The molecule has 0 spiro atoms. The molecule has 1 saturated heterocycles. The summed E-state index contributed by atoms with van der Waals surface area (Å²) in [5.41, 5.74) is 2.37. The van der Waals surface area contributed by atoms with Crippen molar-refractivity contribution in [1.82, 2.24) is 15.2 Å². The molecular weight excluding hydrogens is 401 g/mol. The molecule has 1 N–H and O–H groups in total. The summed E-state index contributed by atoms with van der Waals surface area (Å²) in [5, 5.41) is 6.57. The summed E-state index contributed by atoms with van der Waals surface area (Å²) >= 11 is 1.74. The first-order valence-corrected chi connectivity index (χ1v) is 10.2. The highest BCUT2D eigenvalue weighted by Gasteiger charge is 2.19. The van der Waals surface area contributed by atoms with Gasteiger partial charge in [-0.15, -0.1) is 36.2 Å². The summed E-state index contributed by atoms with van der Waals surface area (Å²) in [5.74, 6) is 1.81. The van der Waals surface area contributed by atoms with Crippen LogP contribution < -0.4 is 10.1 Å². The average Bonchev–Trinajstić information content (AvgIpc) is 3.10. The van der Waals surface area contributed by atoms with E-state index in [4.69, 9.17) is 9.72 Å². The molecule has 0 atom stereocenters. The van der Waals surface area contributed by atoms with E-state index in [1.165, 1.54) is 43.6 Å². The molecule has 2 aromatic rings. The molecule has 3 rings (SSSR count). The van der Waals surface area contributed by atoms with Gasteiger partial charge in [-0.3, -0.25) is 4.90 Å². The molecule has 0 bridgehead atoms. The number of aromatic nitrogens is 1. The predicted octanol–water partition coefficient (Wildman–Crippen LogP) is 4.87. The van der Waals surface area contributed by atoms with Crippen LogP contribution in [0.2, 0.25) is 0 Å². The summed E-state index contributed by atoms with van der Waals surface area (Å²) < 4.78 is 5.51. The maximum Gasteiger partial charge on any atom is 0.123 e. The fourth-order valence-corrected chi connectivity index (χ4v) is 4.20. The number of benzene rings is 1. The van der Waals surface area contributed by atoms with Crippen molar-refractivity contribution in [2.24, 2.45) is 5.92 Å². The number of halogens is 2. The lowest BCUT2D eigenvalue weighted by Gasteiger charge is -2.31. The van der Waals surface area contributed by atoms with Crippen molar-refractivity contribution >= 4 is 36.2 Å². The third-order valence-electron chi connectivity index (χ3n) is 4.86. The molecule has 1 aromatic heterocycles. The van der Waals surface area contributed by atoms with Crippen molar-refractivity contribution in [3.63, 3.8) is 0 Å². The lowest BCUT2D eigenvalue weighted by Crippen LogP contribution is -2.34. The quantitative estimate of drug-likeness (QED) is 0.646. The topological polar surface area (TPSA) is 37.4 Å².